The van der Waals surface area contributed by atoms with Gasteiger partial charge in [-0.2, -0.15) is 9.97 Å². The average molecular weight is 432 g/mol. The van der Waals surface area contributed by atoms with Crippen LogP contribution < -0.4 is 10.1 Å². The van der Waals surface area contributed by atoms with Gasteiger partial charge in [-0.1, -0.05) is 0 Å². The van der Waals surface area contributed by atoms with Gasteiger partial charge in [-0.15, -0.1) is 0 Å². The van der Waals surface area contributed by atoms with E-state index in [-0.39, 0.29) is 5.91 Å². The van der Waals surface area contributed by atoms with Gasteiger partial charge in [-0.05, 0) is 24.7 Å². The molecule has 1 saturated carbocycles. The molecule has 0 radical (unpaired) electrons. The van der Waals surface area contributed by atoms with E-state index in [1.807, 2.05) is 27.9 Å². The first kappa shape index (κ1) is 19.0. The molecule has 2 N–H and O–H groups in total. The summed E-state index contributed by atoms with van der Waals surface area (Å²) >= 11 is 0. The molecule has 0 aromatic carbocycles. The molecule has 10 nitrogen and oxygen atoms in total. The van der Waals surface area contributed by atoms with Crippen LogP contribution in [0.2, 0.25) is 0 Å². The molecular formula is C22H24N8O2. The highest BCUT2D eigenvalue weighted by atomic mass is 16.5. The molecule has 0 spiro atoms. The van der Waals surface area contributed by atoms with Gasteiger partial charge < -0.3 is 19.9 Å². The van der Waals surface area contributed by atoms with Crippen molar-refractivity contribution in [1.82, 2.24) is 34.2 Å². The Balaban J connectivity index is 1.27. The minimum Gasteiger partial charge on any atom is -0.480 e. The smallest absolute Gasteiger partial charge is 0.233 e. The highest BCUT2D eigenvalue weighted by molar-refractivity contribution is 5.97. The van der Waals surface area contributed by atoms with Crippen LogP contribution >= 0.6 is 0 Å². The lowest BCUT2D eigenvalue weighted by molar-refractivity contribution is -0.128. The summed E-state index contributed by atoms with van der Waals surface area (Å²) in [5.41, 5.74) is 2.55. The maximum absolute atomic E-state index is 11.7. The molecule has 1 amide bonds. The maximum Gasteiger partial charge on any atom is 0.233 e. The molecule has 5 heterocycles. The van der Waals surface area contributed by atoms with E-state index in [0.717, 1.165) is 42.4 Å². The summed E-state index contributed by atoms with van der Waals surface area (Å²) in [5, 5.41) is 4.32. The first-order valence-electron chi connectivity index (χ1n) is 10.8. The molecule has 2 aliphatic rings. The Hall–Kier alpha value is -3.69. The Morgan fingerprint density at radius 2 is 2.03 bits per heavy atom. The number of methoxy groups -OCH3 is 1. The first-order chi connectivity index (χ1) is 15.6. The number of hydrogen-bond donors (Lipinski definition) is 2. The normalized spacial score (nSPS) is 22.6. The highest BCUT2D eigenvalue weighted by Crippen LogP contribution is 2.40. The van der Waals surface area contributed by atoms with Crippen LogP contribution in [-0.2, 0) is 4.79 Å². The van der Waals surface area contributed by atoms with Gasteiger partial charge >= 0.3 is 0 Å². The molecule has 2 fully saturated rings. The van der Waals surface area contributed by atoms with E-state index in [1.165, 1.54) is 0 Å². The van der Waals surface area contributed by atoms with Crippen molar-refractivity contribution in [1.29, 1.82) is 0 Å². The van der Waals surface area contributed by atoms with Crippen LogP contribution in [0.25, 0.3) is 27.9 Å². The molecule has 1 aliphatic heterocycles. The molecule has 1 unspecified atom stereocenters. The van der Waals surface area contributed by atoms with Gasteiger partial charge in [-0.3, -0.25) is 9.20 Å². The number of aromatic amines is 1. The Morgan fingerprint density at radius 1 is 1.22 bits per heavy atom. The van der Waals surface area contributed by atoms with Crippen molar-refractivity contribution in [2.75, 3.05) is 25.5 Å². The van der Waals surface area contributed by atoms with Crippen LogP contribution in [0.5, 0.6) is 5.88 Å². The number of amides is 1. The number of ether oxygens (including phenoxy) is 1. The largest absolute Gasteiger partial charge is 0.480 e. The minimum absolute atomic E-state index is 0.173. The number of fused-ring (bicyclic) bond motifs is 3. The van der Waals surface area contributed by atoms with Gasteiger partial charge in [0.05, 0.1) is 12.5 Å². The van der Waals surface area contributed by atoms with Crippen molar-refractivity contribution in [2.24, 2.45) is 11.8 Å². The number of rotatable bonds is 4. The molecule has 3 atom stereocenters. The van der Waals surface area contributed by atoms with Gasteiger partial charge in [0.2, 0.25) is 23.5 Å². The number of anilines is 1. The predicted octanol–water partition coefficient (Wildman–Crippen LogP) is 2.34. The lowest BCUT2D eigenvalue weighted by Gasteiger charge is -2.18. The quantitative estimate of drug-likeness (QED) is 0.509. The van der Waals surface area contributed by atoms with Crippen molar-refractivity contribution < 1.29 is 9.53 Å². The lowest BCUT2D eigenvalue weighted by Crippen LogP contribution is -2.29. The van der Waals surface area contributed by atoms with Crippen molar-refractivity contribution >= 4 is 28.7 Å². The molecule has 1 saturated heterocycles. The standard InChI is InChI=1S/C22H24N8O2/c1-12(31)30-9-13-5-16(6-14(13)10-30)26-21-27-19-18(20(28-21)32-2)17(8-24-19)15-7-25-22-23-3-4-29(22)11-15/h3-4,7-8,11,13-14,16H,5-6,9-10H2,1-2H3,(H2,24,26,27,28)/t13-,14+,16?. The number of nitrogens with zero attached hydrogens (tertiary/aromatic N) is 6. The van der Waals surface area contributed by atoms with Crippen LogP contribution in [0, 0.1) is 11.8 Å². The zero-order chi connectivity index (χ0) is 21.8. The van der Waals surface area contributed by atoms with Crippen molar-refractivity contribution in [3.8, 4) is 17.0 Å². The zero-order valence-corrected chi connectivity index (χ0v) is 17.9. The topological polar surface area (TPSA) is 113 Å². The second kappa shape index (κ2) is 7.18. The SMILES string of the molecule is COc1nc(NC2C[C@@H]3CN(C(C)=O)C[C@@H]3C2)nc2[nH]cc(-c3cnc4nccn4c3)c12. The van der Waals surface area contributed by atoms with E-state index in [2.05, 4.69) is 25.3 Å². The Morgan fingerprint density at radius 3 is 2.78 bits per heavy atom. The molecule has 0 bridgehead atoms. The number of imidazole rings is 1. The Bertz CT molecular complexity index is 1310. The fourth-order valence-corrected chi connectivity index (χ4v) is 5.25. The monoisotopic (exact) mass is 432 g/mol. The third kappa shape index (κ3) is 3.05. The van der Waals surface area contributed by atoms with E-state index in [1.54, 1.807) is 26.4 Å². The third-order valence-electron chi connectivity index (χ3n) is 6.78. The molecule has 1 aliphatic carbocycles. The molecule has 10 heteroatoms. The van der Waals surface area contributed by atoms with E-state index in [0.29, 0.717) is 41.1 Å². The third-order valence-corrected chi connectivity index (χ3v) is 6.78. The summed E-state index contributed by atoms with van der Waals surface area (Å²) in [6.45, 7) is 3.37. The average Bonchev–Trinajstić information content (AvgIpc) is 3.54. The number of aromatic nitrogens is 6. The van der Waals surface area contributed by atoms with Gasteiger partial charge in [0, 0.05) is 68.2 Å². The Labute approximate surface area is 184 Å². The number of nitrogens with one attached hydrogen (secondary N) is 2. The summed E-state index contributed by atoms with van der Waals surface area (Å²) in [5.74, 6) is 2.98. The van der Waals surface area contributed by atoms with Gasteiger partial charge in [0.1, 0.15) is 5.65 Å². The zero-order valence-electron chi connectivity index (χ0n) is 17.9. The van der Waals surface area contributed by atoms with E-state index >= 15 is 0 Å². The van der Waals surface area contributed by atoms with Crippen molar-refractivity contribution in [2.45, 2.75) is 25.8 Å². The van der Waals surface area contributed by atoms with Crippen molar-refractivity contribution in [3.05, 3.63) is 31.0 Å². The highest BCUT2D eigenvalue weighted by Gasteiger charge is 2.41. The van der Waals surface area contributed by atoms with Gasteiger partial charge in [0.25, 0.3) is 0 Å². The lowest BCUT2D eigenvalue weighted by atomic mass is 10.0. The van der Waals surface area contributed by atoms with Crippen LogP contribution in [0.4, 0.5) is 5.95 Å². The minimum atomic E-state index is 0.173. The maximum atomic E-state index is 11.7. The summed E-state index contributed by atoms with van der Waals surface area (Å²) in [7, 11) is 1.62. The summed E-state index contributed by atoms with van der Waals surface area (Å²) < 4.78 is 7.52. The fraction of sp³-hybridized carbons (Fsp3) is 0.409. The van der Waals surface area contributed by atoms with E-state index < -0.39 is 0 Å². The van der Waals surface area contributed by atoms with E-state index in [4.69, 9.17) is 9.72 Å². The molecule has 164 valence electrons. The Kier molecular flexibility index (Phi) is 4.27. The summed E-state index contributed by atoms with van der Waals surface area (Å²) in [4.78, 5) is 34.9. The fourth-order valence-electron chi connectivity index (χ4n) is 5.25. The number of carbonyl (C=O) groups excluding carboxylic acids is 1. The van der Waals surface area contributed by atoms with Crippen LogP contribution in [0.3, 0.4) is 0 Å². The number of H-pyrrole nitrogens is 1. The predicted molar refractivity (Wildman–Crippen MR) is 118 cm³/mol. The molecular weight excluding hydrogens is 408 g/mol. The molecule has 4 aromatic rings. The van der Waals surface area contributed by atoms with Gasteiger partial charge in [-0.25, -0.2) is 9.97 Å². The van der Waals surface area contributed by atoms with Crippen LogP contribution in [-0.4, -0.2) is 66.4 Å². The molecule has 4 aromatic heterocycles. The van der Waals surface area contributed by atoms with Crippen LogP contribution in [0.15, 0.2) is 31.0 Å². The van der Waals surface area contributed by atoms with Crippen molar-refractivity contribution in [3.63, 3.8) is 0 Å². The summed E-state index contributed by atoms with van der Waals surface area (Å²) in [6, 6.07) is 0.295. The van der Waals surface area contributed by atoms with E-state index in [9.17, 15) is 4.79 Å². The summed E-state index contributed by atoms with van der Waals surface area (Å²) in [6.07, 6.45) is 11.3. The molecule has 6 rings (SSSR count). The van der Waals surface area contributed by atoms with Crippen LogP contribution in [0.1, 0.15) is 19.8 Å². The number of hydrogen-bond acceptors (Lipinski definition) is 7. The first-order valence-corrected chi connectivity index (χ1v) is 10.8. The number of likely N-dealkylation sites (tertiary alicyclic amines) is 1. The molecule has 32 heavy (non-hydrogen) atoms. The number of carbonyl (C=O) groups is 1. The van der Waals surface area contributed by atoms with Gasteiger partial charge in [0.15, 0.2) is 0 Å². The second-order valence-electron chi connectivity index (χ2n) is 8.72. The second-order valence-corrected chi connectivity index (χ2v) is 8.72.